The quantitative estimate of drug-likeness (QED) is 0.903. The Labute approximate surface area is 118 Å². The van der Waals surface area contributed by atoms with E-state index < -0.39 is 6.61 Å². The van der Waals surface area contributed by atoms with E-state index in [-0.39, 0.29) is 5.75 Å². The van der Waals surface area contributed by atoms with Crippen LogP contribution in [0.3, 0.4) is 0 Å². The first-order valence-corrected chi connectivity index (χ1v) is 7.10. The van der Waals surface area contributed by atoms with Crippen LogP contribution in [0, 0.1) is 5.92 Å². The van der Waals surface area contributed by atoms with E-state index >= 15 is 0 Å². The summed E-state index contributed by atoms with van der Waals surface area (Å²) in [5.74, 6) is 0.751. The molecule has 1 aliphatic heterocycles. The molecule has 3 nitrogen and oxygen atoms in total. The van der Waals surface area contributed by atoms with Gasteiger partial charge in [0, 0.05) is 19.1 Å². The van der Waals surface area contributed by atoms with E-state index in [1.807, 2.05) is 12.1 Å². The van der Waals surface area contributed by atoms with Gasteiger partial charge in [0.2, 0.25) is 0 Å². The topological polar surface area (TPSA) is 38.5 Å². The molecule has 0 radical (unpaired) electrons. The Bertz CT molecular complexity index is 411. The summed E-state index contributed by atoms with van der Waals surface area (Å²) in [6.07, 6.45) is 2.11. The second kappa shape index (κ2) is 6.99. The molecule has 0 bridgehead atoms. The molecule has 0 amide bonds. The van der Waals surface area contributed by atoms with Crippen LogP contribution in [0.1, 0.15) is 25.3 Å². The highest BCUT2D eigenvalue weighted by atomic mass is 19.3. The third kappa shape index (κ3) is 4.15. The summed E-state index contributed by atoms with van der Waals surface area (Å²) < 4.78 is 28.5. The highest BCUT2D eigenvalue weighted by molar-refractivity contribution is 5.27. The molecule has 0 saturated carbocycles. The summed E-state index contributed by atoms with van der Waals surface area (Å²) in [7, 11) is 0. The molecule has 5 heteroatoms. The number of alkyl halides is 2. The molecule has 2 rings (SSSR count). The molecule has 2 atom stereocenters. The fourth-order valence-electron chi connectivity index (χ4n) is 2.74. The molecule has 1 aliphatic rings. The van der Waals surface area contributed by atoms with Crippen molar-refractivity contribution in [2.45, 2.75) is 39.0 Å². The number of benzene rings is 1. The van der Waals surface area contributed by atoms with E-state index in [9.17, 15) is 8.78 Å². The van der Waals surface area contributed by atoms with Gasteiger partial charge in [0.1, 0.15) is 5.75 Å². The van der Waals surface area contributed by atoms with Crippen molar-refractivity contribution in [2.75, 3.05) is 13.1 Å². The van der Waals surface area contributed by atoms with Gasteiger partial charge in [-0.2, -0.15) is 8.78 Å². The molecule has 1 heterocycles. The van der Waals surface area contributed by atoms with Crippen LogP contribution in [-0.2, 0) is 6.54 Å². The molecule has 2 unspecified atom stereocenters. The predicted molar refractivity (Wildman–Crippen MR) is 74.7 cm³/mol. The number of hydrogen-bond acceptors (Lipinski definition) is 3. The Morgan fingerprint density at radius 1 is 1.35 bits per heavy atom. The highest BCUT2D eigenvalue weighted by Gasteiger charge is 2.25. The van der Waals surface area contributed by atoms with Crippen LogP contribution in [0.4, 0.5) is 8.78 Å². The molecule has 2 N–H and O–H groups in total. The average molecular weight is 284 g/mol. The highest BCUT2D eigenvalue weighted by Crippen LogP contribution is 2.21. The number of likely N-dealkylation sites (tertiary alicyclic amines) is 1. The van der Waals surface area contributed by atoms with Crippen molar-refractivity contribution >= 4 is 0 Å². The summed E-state index contributed by atoms with van der Waals surface area (Å²) >= 11 is 0. The second-order valence-corrected chi connectivity index (χ2v) is 5.38. The maximum Gasteiger partial charge on any atom is 0.387 e. The first kappa shape index (κ1) is 15.2. The first-order chi connectivity index (χ1) is 9.58. The van der Waals surface area contributed by atoms with Gasteiger partial charge < -0.3 is 10.5 Å². The van der Waals surface area contributed by atoms with Gasteiger partial charge in [0.25, 0.3) is 0 Å². The zero-order chi connectivity index (χ0) is 14.5. The Balaban J connectivity index is 1.90. The van der Waals surface area contributed by atoms with Crippen molar-refractivity contribution < 1.29 is 13.5 Å². The third-order valence-corrected chi connectivity index (χ3v) is 3.96. The second-order valence-electron chi connectivity index (χ2n) is 5.38. The Kier molecular flexibility index (Phi) is 5.31. The van der Waals surface area contributed by atoms with Crippen LogP contribution >= 0.6 is 0 Å². The molecule has 1 aromatic carbocycles. The van der Waals surface area contributed by atoms with E-state index in [1.54, 1.807) is 12.1 Å². The van der Waals surface area contributed by atoms with Gasteiger partial charge in [-0.3, -0.25) is 4.90 Å². The lowest BCUT2D eigenvalue weighted by Gasteiger charge is -2.36. The molecule has 20 heavy (non-hydrogen) atoms. The van der Waals surface area contributed by atoms with Crippen LogP contribution in [0.25, 0.3) is 0 Å². The molecule has 112 valence electrons. The molecule has 1 saturated heterocycles. The van der Waals surface area contributed by atoms with E-state index in [0.29, 0.717) is 12.0 Å². The molecular weight excluding hydrogens is 262 g/mol. The molecule has 1 fully saturated rings. The lowest BCUT2D eigenvalue weighted by Crippen LogP contribution is -2.46. The van der Waals surface area contributed by atoms with Gasteiger partial charge in [-0.15, -0.1) is 0 Å². The number of hydrogen-bond donors (Lipinski definition) is 1. The lowest BCUT2D eigenvalue weighted by molar-refractivity contribution is -0.0498. The van der Waals surface area contributed by atoms with Crippen molar-refractivity contribution in [3.8, 4) is 5.75 Å². The van der Waals surface area contributed by atoms with Gasteiger partial charge in [-0.25, -0.2) is 0 Å². The van der Waals surface area contributed by atoms with Crippen molar-refractivity contribution in [3.63, 3.8) is 0 Å². The number of halogens is 2. The molecular formula is C15H22F2N2O. The number of nitrogens with two attached hydrogens (primary N) is 1. The van der Waals surface area contributed by atoms with Gasteiger partial charge >= 0.3 is 6.61 Å². The Morgan fingerprint density at radius 3 is 2.65 bits per heavy atom. The van der Waals surface area contributed by atoms with Crippen molar-refractivity contribution in [3.05, 3.63) is 29.8 Å². The first-order valence-electron chi connectivity index (χ1n) is 7.10. The minimum absolute atomic E-state index is 0.204. The molecule has 0 aliphatic carbocycles. The summed E-state index contributed by atoms with van der Waals surface area (Å²) in [6, 6.07) is 7.17. The minimum Gasteiger partial charge on any atom is -0.435 e. The van der Waals surface area contributed by atoms with E-state index in [1.165, 1.54) is 0 Å². The van der Waals surface area contributed by atoms with Crippen LogP contribution in [-0.4, -0.2) is 30.6 Å². The van der Waals surface area contributed by atoms with E-state index in [0.717, 1.165) is 38.0 Å². The van der Waals surface area contributed by atoms with E-state index in [4.69, 9.17) is 5.73 Å². The smallest absolute Gasteiger partial charge is 0.387 e. The van der Waals surface area contributed by atoms with E-state index in [2.05, 4.69) is 16.6 Å². The molecule has 0 spiro atoms. The largest absolute Gasteiger partial charge is 0.435 e. The average Bonchev–Trinajstić information content (AvgIpc) is 2.42. The molecule has 0 aromatic heterocycles. The number of rotatable bonds is 5. The maximum atomic E-state index is 12.1. The summed E-state index contributed by atoms with van der Waals surface area (Å²) in [5.41, 5.74) is 7.21. The zero-order valence-electron chi connectivity index (χ0n) is 11.8. The normalized spacial score (nSPS) is 24.1. The van der Waals surface area contributed by atoms with Gasteiger partial charge in [0.15, 0.2) is 0 Å². The van der Waals surface area contributed by atoms with Crippen LogP contribution in [0.5, 0.6) is 5.75 Å². The van der Waals surface area contributed by atoms with Gasteiger partial charge in [-0.05, 0) is 36.6 Å². The van der Waals surface area contributed by atoms with Gasteiger partial charge in [0.05, 0.1) is 0 Å². The standard InChI is InChI=1S/C15H22F2N2O/c1-2-12-10-19(8-7-14(12)18)9-11-3-5-13(6-4-11)20-15(16)17/h3-6,12,14-15H,2,7-10,18H2,1H3. The number of piperidine rings is 1. The fraction of sp³-hybridized carbons (Fsp3) is 0.600. The lowest BCUT2D eigenvalue weighted by atomic mass is 9.90. The molecule has 1 aromatic rings. The van der Waals surface area contributed by atoms with Crippen molar-refractivity contribution in [1.29, 1.82) is 0 Å². The fourth-order valence-corrected chi connectivity index (χ4v) is 2.74. The van der Waals surface area contributed by atoms with Crippen LogP contribution in [0.15, 0.2) is 24.3 Å². The van der Waals surface area contributed by atoms with Crippen molar-refractivity contribution in [1.82, 2.24) is 4.90 Å². The SMILES string of the molecule is CCC1CN(Cc2ccc(OC(F)F)cc2)CCC1N. The minimum atomic E-state index is -2.77. The summed E-state index contributed by atoms with van der Waals surface area (Å²) in [6.45, 7) is 2.23. The summed E-state index contributed by atoms with van der Waals surface area (Å²) in [4.78, 5) is 2.38. The third-order valence-electron chi connectivity index (χ3n) is 3.96. The monoisotopic (exact) mass is 284 g/mol. The van der Waals surface area contributed by atoms with Gasteiger partial charge in [-0.1, -0.05) is 25.5 Å². The zero-order valence-corrected chi connectivity index (χ0v) is 11.8. The predicted octanol–water partition coefficient (Wildman–Crippen LogP) is 2.85. The maximum absolute atomic E-state index is 12.1. The van der Waals surface area contributed by atoms with Crippen LogP contribution in [0.2, 0.25) is 0 Å². The van der Waals surface area contributed by atoms with Crippen LogP contribution < -0.4 is 10.5 Å². The summed E-state index contributed by atoms with van der Waals surface area (Å²) in [5, 5.41) is 0. The number of nitrogens with zero attached hydrogens (tertiary/aromatic N) is 1. The van der Waals surface area contributed by atoms with Crippen molar-refractivity contribution in [2.24, 2.45) is 11.7 Å². The number of ether oxygens (including phenoxy) is 1. The Morgan fingerprint density at radius 2 is 2.05 bits per heavy atom. The Hall–Kier alpha value is -1.20.